The molecule has 2 N–H and O–H groups in total. The van der Waals surface area contributed by atoms with E-state index >= 15 is 0 Å². The van der Waals surface area contributed by atoms with Crippen LogP contribution in [0.15, 0.2) is 47.1 Å². The van der Waals surface area contributed by atoms with Crippen LogP contribution in [-0.2, 0) is 13.0 Å². The van der Waals surface area contributed by atoms with Crippen LogP contribution in [0, 0.1) is 0 Å². The van der Waals surface area contributed by atoms with Crippen molar-refractivity contribution in [3.05, 3.63) is 65.1 Å². The molecule has 1 aliphatic carbocycles. The molecule has 1 unspecified atom stereocenters. The maximum Gasteiger partial charge on any atom is 0.276 e. The van der Waals surface area contributed by atoms with Gasteiger partial charge in [-0.1, -0.05) is 35.5 Å². The minimum Gasteiger partial charge on any atom is -0.332 e. The summed E-state index contributed by atoms with van der Waals surface area (Å²) >= 11 is 0. The Hall–Kier alpha value is -2.53. The van der Waals surface area contributed by atoms with Crippen LogP contribution in [0.5, 0.6) is 0 Å². The molecule has 2 aromatic heterocycles. The third-order valence-corrected chi connectivity index (χ3v) is 3.89. The number of hydrogen-bond acceptors (Lipinski definition) is 5. The quantitative estimate of drug-likeness (QED) is 0.795. The van der Waals surface area contributed by atoms with Gasteiger partial charge in [0.2, 0.25) is 0 Å². The third-order valence-electron chi connectivity index (χ3n) is 3.89. The van der Waals surface area contributed by atoms with Crippen molar-refractivity contribution in [2.24, 2.45) is 5.73 Å². The molecular weight excluding hydrogens is 264 g/mol. The molecule has 0 aliphatic heterocycles. The van der Waals surface area contributed by atoms with Crippen molar-refractivity contribution in [3.8, 4) is 11.6 Å². The van der Waals surface area contributed by atoms with E-state index in [1.807, 2.05) is 18.2 Å². The number of nitrogens with zero attached hydrogens (tertiary/aromatic N) is 3. The molecule has 0 spiro atoms. The van der Waals surface area contributed by atoms with Gasteiger partial charge in [-0.25, -0.2) is 0 Å². The molecule has 1 aliphatic rings. The molecule has 1 aromatic carbocycles. The van der Waals surface area contributed by atoms with Crippen LogP contribution in [0.4, 0.5) is 0 Å². The Morgan fingerprint density at radius 1 is 1.19 bits per heavy atom. The normalized spacial score (nSPS) is 16.3. The van der Waals surface area contributed by atoms with Crippen LogP contribution in [0.25, 0.3) is 11.6 Å². The first-order valence-electron chi connectivity index (χ1n) is 6.92. The molecule has 0 saturated carbocycles. The minimum absolute atomic E-state index is 0.238. The average Bonchev–Trinajstić information content (AvgIpc) is 2.98. The fourth-order valence-corrected chi connectivity index (χ4v) is 2.64. The van der Waals surface area contributed by atoms with E-state index in [9.17, 15) is 0 Å². The van der Waals surface area contributed by atoms with Crippen LogP contribution >= 0.6 is 0 Å². The lowest BCUT2D eigenvalue weighted by molar-refractivity contribution is 0.415. The third kappa shape index (κ3) is 2.02. The standard InChI is InChI=1S/C16H14N4O/c17-8-10-5-6-14(18-9-10)16-19-15(20-21-16)13-7-11-3-1-2-4-12(11)13/h1-6,9,13H,7-8,17H2. The highest BCUT2D eigenvalue weighted by atomic mass is 16.5. The molecule has 2 heterocycles. The second-order valence-electron chi connectivity index (χ2n) is 5.17. The molecule has 4 rings (SSSR count). The molecular formula is C16H14N4O. The van der Waals surface area contributed by atoms with Gasteiger partial charge < -0.3 is 10.3 Å². The van der Waals surface area contributed by atoms with E-state index in [2.05, 4.69) is 33.3 Å². The van der Waals surface area contributed by atoms with Gasteiger partial charge >= 0.3 is 0 Å². The van der Waals surface area contributed by atoms with E-state index in [-0.39, 0.29) is 5.92 Å². The van der Waals surface area contributed by atoms with Crippen molar-refractivity contribution in [2.45, 2.75) is 18.9 Å². The van der Waals surface area contributed by atoms with Gasteiger partial charge in [0.1, 0.15) is 5.69 Å². The van der Waals surface area contributed by atoms with E-state index in [1.165, 1.54) is 11.1 Å². The average molecular weight is 278 g/mol. The molecule has 5 heteroatoms. The lowest BCUT2D eigenvalue weighted by Crippen LogP contribution is -2.19. The highest BCUT2D eigenvalue weighted by Gasteiger charge is 2.31. The van der Waals surface area contributed by atoms with E-state index in [4.69, 9.17) is 10.3 Å². The first-order valence-corrected chi connectivity index (χ1v) is 6.92. The molecule has 1 atom stereocenters. The van der Waals surface area contributed by atoms with Crippen molar-refractivity contribution in [1.82, 2.24) is 15.1 Å². The summed E-state index contributed by atoms with van der Waals surface area (Å²) in [7, 11) is 0. The van der Waals surface area contributed by atoms with Crippen molar-refractivity contribution in [2.75, 3.05) is 0 Å². The molecule has 0 saturated heterocycles. The fourth-order valence-electron chi connectivity index (χ4n) is 2.64. The molecule has 0 amide bonds. The monoisotopic (exact) mass is 278 g/mol. The van der Waals surface area contributed by atoms with Crippen molar-refractivity contribution >= 4 is 0 Å². The van der Waals surface area contributed by atoms with Gasteiger partial charge in [-0.15, -0.1) is 0 Å². The first-order chi connectivity index (χ1) is 10.3. The lowest BCUT2D eigenvalue weighted by Gasteiger charge is -2.27. The molecule has 104 valence electrons. The van der Waals surface area contributed by atoms with Crippen molar-refractivity contribution in [3.63, 3.8) is 0 Å². The van der Waals surface area contributed by atoms with Gasteiger partial charge in [0.25, 0.3) is 5.89 Å². The van der Waals surface area contributed by atoms with Crippen LogP contribution in [0.3, 0.4) is 0 Å². The number of rotatable bonds is 3. The molecule has 3 aromatic rings. The number of hydrogen-bond donors (Lipinski definition) is 1. The van der Waals surface area contributed by atoms with E-state index in [0.29, 0.717) is 18.1 Å². The summed E-state index contributed by atoms with van der Waals surface area (Å²) < 4.78 is 5.34. The number of aromatic nitrogens is 3. The minimum atomic E-state index is 0.238. The number of fused-ring (bicyclic) bond motifs is 1. The first kappa shape index (κ1) is 12.2. The van der Waals surface area contributed by atoms with Crippen LogP contribution < -0.4 is 5.73 Å². The summed E-state index contributed by atoms with van der Waals surface area (Å²) in [6, 6.07) is 12.1. The van der Waals surface area contributed by atoms with Gasteiger partial charge in [0.05, 0.1) is 5.92 Å². The Labute approximate surface area is 121 Å². The largest absolute Gasteiger partial charge is 0.332 e. The highest BCUT2D eigenvalue weighted by Crippen LogP contribution is 2.38. The Balaban J connectivity index is 1.62. The fraction of sp³-hybridized carbons (Fsp3) is 0.188. The predicted molar refractivity (Wildman–Crippen MR) is 77.4 cm³/mol. The van der Waals surface area contributed by atoms with E-state index in [1.54, 1.807) is 6.20 Å². The molecule has 0 bridgehead atoms. The summed E-state index contributed by atoms with van der Waals surface area (Å²) in [5.41, 5.74) is 9.87. The second kappa shape index (κ2) is 4.79. The summed E-state index contributed by atoms with van der Waals surface area (Å²) in [5, 5.41) is 4.11. The molecule has 21 heavy (non-hydrogen) atoms. The summed E-state index contributed by atoms with van der Waals surface area (Å²) in [5.74, 6) is 1.42. The molecule has 0 fully saturated rings. The topological polar surface area (TPSA) is 77.8 Å². The second-order valence-corrected chi connectivity index (χ2v) is 5.17. The van der Waals surface area contributed by atoms with Crippen molar-refractivity contribution in [1.29, 1.82) is 0 Å². The van der Waals surface area contributed by atoms with Gasteiger partial charge in [-0.3, -0.25) is 4.98 Å². The predicted octanol–water partition coefficient (Wildman–Crippen LogP) is 2.28. The van der Waals surface area contributed by atoms with Crippen LogP contribution in [-0.4, -0.2) is 15.1 Å². The zero-order chi connectivity index (χ0) is 14.2. The zero-order valence-electron chi connectivity index (χ0n) is 11.4. The lowest BCUT2D eigenvalue weighted by atomic mass is 9.77. The van der Waals surface area contributed by atoms with Crippen molar-refractivity contribution < 1.29 is 4.52 Å². The summed E-state index contributed by atoms with van der Waals surface area (Å²) in [6.45, 7) is 0.473. The summed E-state index contributed by atoms with van der Waals surface area (Å²) in [4.78, 5) is 8.79. The number of pyridine rings is 1. The molecule has 0 radical (unpaired) electrons. The summed E-state index contributed by atoms with van der Waals surface area (Å²) in [6.07, 6.45) is 2.70. The Morgan fingerprint density at radius 3 is 2.86 bits per heavy atom. The Bertz CT molecular complexity index is 779. The Kier molecular flexibility index (Phi) is 2.79. The number of nitrogens with two attached hydrogens (primary N) is 1. The van der Waals surface area contributed by atoms with Crippen LogP contribution in [0.1, 0.15) is 28.4 Å². The number of benzene rings is 1. The van der Waals surface area contributed by atoms with Gasteiger partial charge in [-0.2, -0.15) is 4.98 Å². The van der Waals surface area contributed by atoms with E-state index < -0.39 is 0 Å². The zero-order valence-corrected chi connectivity index (χ0v) is 11.4. The van der Waals surface area contributed by atoms with Gasteiger partial charge in [0.15, 0.2) is 5.82 Å². The van der Waals surface area contributed by atoms with Gasteiger partial charge in [-0.05, 0) is 29.2 Å². The van der Waals surface area contributed by atoms with Gasteiger partial charge in [0, 0.05) is 12.7 Å². The highest BCUT2D eigenvalue weighted by molar-refractivity contribution is 5.48. The SMILES string of the molecule is NCc1ccc(-c2nc(C3Cc4ccccc43)no2)nc1. The maximum absolute atomic E-state index is 5.56. The smallest absolute Gasteiger partial charge is 0.276 e. The van der Waals surface area contributed by atoms with Crippen LogP contribution in [0.2, 0.25) is 0 Å². The van der Waals surface area contributed by atoms with E-state index in [0.717, 1.165) is 17.8 Å². The Morgan fingerprint density at radius 2 is 2.10 bits per heavy atom. The molecule has 5 nitrogen and oxygen atoms in total. The maximum atomic E-state index is 5.56.